The molecule has 1 aliphatic rings. The molecule has 4 aromatic rings. The van der Waals surface area contributed by atoms with E-state index in [-0.39, 0.29) is 23.3 Å². The van der Waals surface area contributed by atoms with Gasteiger partial charge in [-0.15, -0.1) is 0 Å². The van der Waals surface area contributed by atoms with Crippen LogP contribution in [0.5, 0.6) is 5.75 Å². The lowest BCUT2D eigenvalue weighted by Gasteiger charge is -2.25. The molecule has 0 spiro atoms. The fourth-order valence-electron chi connectivity index (χ4n) is 4.49. The summed E-state index contributed by atoms with van der Waals surface area (Å²) >= 11 is 1.17. The summed E-state index contributed by atoms with van der Waals surface area (Å²) in [5.74, 6) is -0.498. The number of furan rings is 1. The Morgan fingerprint density at radius 2 is 1.95 bits per heavy atom. The maximum Gasteiger partial charge on any atom is 0.338 e. The number of carboxylic acid groups (broad SMARTS) is 1. The molecule has 5 rings (SSSR count). The number of rotatable bonds is 7. The first-order valence-corrected chi connectivity index (χ1v) is 12.9. The maximum atomic E-state index is 13.8. The van der Waals surface area contributed by atoms with Gasteiger partial charge in [-0.1, -0.05) is 47.7 Å². The van der Waals surface area contributed by atoms with E-state index in [2.05, 4.69) is 4.99 Å². The number of carbonyl (C=O) groups excluding carboxylic acids is 2. The first kappa shape index (κ1) is 25.9. The van der Waals surface area contributed by atoms with Crippen LogP contribution >= 0.6 is 11.3 Å². The Morgan fingerprint density at radius 3 is 2.69 bits per heavy atom. The second-order valence-corrected chi connectivity index (χ2v) is 9.62. The molecular weight excluding hydrogens is 520 g/mol. The van der Waals surface area contributed by atoms with Crippen molar-refractivity contribution in [3.8, 4) is 17.1 Å². The number of para-hydroxylation sites is 1. The van der Waals surface area contributed by atoms with Crippen molar-refractivity contribution >= 4 is 29.4 Å². The third kappa shape index (κ3) is 4.82. The van der Waals surface area contributed by atoms with Crippen molar-refractivity contribution in [1.29, 1.82) is 0 Å². The summed E-state index contributed by atoms with van der Waals surface area (Å²) in [6.07, 6.45) is 1.60. The van der Waals surface area contributed by atoms with E-state index in [0.29, 0.717) is 43.4 Å². The molecule has 2 aromatic heterocycles. The average Bonchev–Trinajstić information content (AvgIpc) is 3.52. The van der Waals surface area contributed by atoms with Gasteiger partial charge in [0.15, 0.2) is 4.80 Å². The molecule has 2 aromatic carbocycles. The van der Waals surface area contributed by atoms with Crippen molar-refractivity contribution in [3.05, 3.63) is 109 Å². The number of carbonyl (C=O) groups is 2. The molecule has 0 radical (unpaired) electrons. The molecule has 0 saturated heterocycles. The highest BCUT2D eigenvalue weighted by Gasteiger charge is 2.35. The van der Waals surface area contributed by atoms with Gasteiger partial charge in [0.1, 0.15) is 23.3 Å². The lowest BCUT2D eigenvalue weighted by atomic mass is 9.95. The van der Waals surface area contributed by atoms with E-state index in [1.165, 1.54) is 35.1 Å². The highest BCUT2D eigenvalue weighted by atomic mass is 32.1. The Labute approximate surface area is 226 Å². The predicted octanol–water partition coefficient (Wildman–Crippen LogP) is 2.43. The van der Waals surface area contributed by atoms with E-state index in [4.69, 9.17) is 13.9 Å². The zero-order valence-electron chi connectivity index (χ0n) is 21.3. The summed E-state index contributed by atoms with van der Waals surface area (Å²) in [6.45, 7) is 3.60. The number of carboxylic acids is 1. The Kier molecular flexibility index (Phi) is 7.03. The minimum absolute atomic E-state index is 0.0304. The average molecular weight is 544 g/mol. The molecule has 0 amide bonds. The Hall–Kier alpha value is -4.70. The number of esters is 1. The quantitative estimate of drug-likeness (QED) is 0.328. The Morgan fingerprint density at radius 1 is 1.15 bits per heavy atom. The van der Waals surface area contributed by atoms with Gasteiger partial charge in [0.05, 0.1) is 35.5 Å². The zero-order chi connectivity index (χ0) is 27.7. The van der Waals surface area contributed by atoms with Gasteiger partial charge in [-0.25, -0.2) is 9.79 Å². The van der Waals surface area contributed by atoms with Gasteiger partial charge in [0, 0.05) is 17.2 Å². The molecule has 3 heterocycles. The van der Waals surface area contributed by atoms with Crippen LogP contribution in [0.3, 0.4) is 0 Å². The molecule has 1 aliphatic heterocycles. The van der Waals surface area contributed by atoms with Crippen molar-refractivity contribution < 1.29 is 28.6 Å². The van der Waals surface area contributed by atoms with E-state index in [1.54, 1.807) is 56.3 Å². The van der Waals surface area contributed by atoms with Crippen molar-refractivity contribution in [2.75, 3.05) is 13.7 Å². The first-order chi connectivity index (χ1) is 18.8. The zero-order valence-corrected chi connectivity index (χ0v) is 22.1. The van der Waals surface area contributed by atoms with Crippen LogP contribution in [-0.4, -0.2) is 30.2 Å². The van der Waals surface area contributed by atoms with Crippen LogP contribution in [0.4, 0.5) is 0 Å². The van der Waals surface area contributed by atoms with Gasteiger partial charge in [0.25, 0.3) is 5.56 Å². The summed E-state index contributed by atoms with van der Waals surface area (Å²) in [6, 6.07) is 16.0. The summed E-state index contributed by atoms with van der Waals surface area (Å²) in [5, 5.41) is 11.2. The topological polar surface area (TPSA) is 123 Å². The number of hydrogen-bond donors (Lipinski definition) is 0. The smallest absolute Gasteiger partial charge is 0.338 e. The normalized spacial score (nSPS) is 15.1. The van der Waals surface area contributed by atoms with Crippen LogP contribution in [0.25, 0.3) is 17.4 Å². The van der Waals surface area contributed by atoms with Crippen molar-refractivity contribution in [1.82, 2.24) is 4.57 Å². The standard InChI is InChI=1S/C29H24N2O7S/c1-4-37-28(35)24-16(2)30-29-31(25(24)20-10-5-6-11-22(20)36-3)26(32)23(39-29)15-19-12-13-21(38-19)17-8-7-9-18(14-17)27(33)34/h5-15,25H,4H2,1-3H3,(H,33,34)/p-1/t25-/m0/s1. The number of benzene rings is 2. The monoisotopic (exact) mass is 543 g/mol. The lowest BCUT2D eigenvalue weighted by Crippen LogP contribution is -2.40. The van der Waals surface area contributed by atoms with Crippen LogP contribution in [0.15, 0.2) is 86.1 Å². The predicted molar refractivity (Wildman–Crippen MR) is 142 cm³/mol. The largest absolute Gasteiger partial charge is 0.545 e. The van der Waals surface area contributed by atoms with E-state index in [0.717, 1.165) is 0 Å². The second-order valence-electron chi connectivity index (χ2n) is 8.61. The van der Waals surface area contributed by atoms with Crippen LogP contribution in [0.2, 0.25) is 0 Å². The fraction of sp³-hybridized carbons (Fsp3) is 0.172. The molecule has 0 unspecified atom stereocenters. The van der Waals surface area contributed by atoms with E-state index in [9.17, 15) is 19.5 Å². The molecule has 198 valence electrons. The number of thiazole rings is 1. The summed E-state index contributed by atoms with van der Waals surface area (Å²) in [4.78, 5) is 43.1. The van der Waals surface area contributed by atoms with Crippen molar-refractivity contribution in [2.45, 2.75) is 19.9 Å². The highest BCUT2D eigenvalue weighted by Crippen LogP contribution is 2.35. The Bertz CT molecular complexity index is 1810. The Balaban J connectivity index is 1.64. The number of hydrogen-bond acceptors (Lipinski definition) is 9. The molecule has 0 saturated carbocycles. The molecule has 1 atom stereocenters. The SMILES string of the molecule is CCOC(=O)C1=C(C)N=c2sc(=Cc3ccc(-c4cccc(C(=O)[O-])c4)o3)c(=O)n2[C@H]1c1ccccc1OC. The van der Waals surface area contributed by atoms with E-state index >= 15 is 0 Å². The molecular formula is C29H23N2O7S-. The minimum Gasteiger partial charge on any atom is -0.545 e. The van der Waals surface area contributed by atoms with Crippen LogP contribution in [0, 0.1) is 0 Å². The second kappa shape index (κ2) is 10.6. The molecule has 10 heteroatoms. The van der Waals surface area contributed by atoms with Gasteiger partial charge in [0.2, 0.25) is 0 Å². The van der Waals surface area contributed by atoms with Gasteiger partial charge in [-0.05, 0) is 43.7 Å². The van der Waals surface area contributed by atoms with E-state index in [1.807, 2.05) is 12.1 Å². The van der Waals surface area contributed by atoms with Crippen LogP contribution < -0.4 is 24.7 Å². The highest BCUT2D eigenvalue weighted by molar-refractivity contribution is 7.07. The third-order valence-corrected chi connectivity index (χ3v) is 7.22. The van der Waals surface area contributed by atoms with E-state index < -0.39 is 18.0 Å². The van der Waals surface area contributed by atoms with Crippen molar-refractivity contribution in [2.24, 2.45) is 4.99 Å². The molecule has 0 N–H and O–H groups in total. The van der Waals surface area contributed by atoms with Gasteiger partial charge in [-0.2, -0.15) is 0 Å². The van der Waals surface area contributed by atoms with Gasteiger partial charge in [-0.3, -0.25) is 9.36 Å². The minimum atomic E-state index is -1.29. The lowest BCUT2D eigenvalue weighted by molar-refractivity contribution is -0.255. The first-order valence-electron chi connectivity index (χ1n) is 12.1. The number of aromatic nitrogens is 1. The fourth-order valence-corrected chi connectivity index (χ4v) is 5.52. The molecule has 39 heavy (non-hydrogen) atoms. The molecule has 9 nitrogen and oxygen atoms in total. The van der Waals surface area contributed by atoms with Crippen LogP contribution in [-0.2, 0) is 9.53 Å². The maximum absolute atomic E-state index is 13.8. The molecule has 0 fully saturated rings. The number of aromatic carboxylic acids is 1. The number of nitrogens with zero attached hydrogens (tertiary/aromatic N) is 2. The molecule has 0 aliphatic carbocycles. The summed E-state index contributed by atoms with van der Waals surface area (Å²) in [7, 11) is 1.53. The summed E-state index contributed by atoms with van der Waals surface area (Å²) in [5.41, 5.74) is 1.56. The summed E-state index contributed by atoms with van der Waals surface area (Å²) < 4.78 is 18.6. The number of fused-ring (bicyclic) bond motifs is 1. The third-order valence-electron chi connectivity index (χ3n) is 6.23. The van der Waals surface area contributed by atoms with Crippen LogP contribution in [0.1, 0.15) is 41.6 Å². The van der Waals surface area contributed by atoms with Crippen molar-refractivity contribution in [3.63, 3.8) is 0 Å². The number of ether oxygens (including phenoxy) is 2. The van der Waals surface area contributed by atoms with Gasteiger partial charge < -0.3 is 23.8 Å². The number of methoxy groups -OCH3 is 1. The number of allylic oxidation sites excluding steroid dienone is 1. The molecule has 0 bridgehead atoms. The van der Waals surface area contributed by atoms with Gasteiger partial charge >= 0.3 is 5.97 Å².